The van der Waals surface area contributed by atoms with E-state index < -0.39 is 0 Å². The smallest absolute Gasteiger partial charge is 0.224 e. The van der Waals surface area contributed by atoms with Crippen LogP contribution in [0.2, 0.25) is 0 Å². The molecule has 0 aliphatic carbocycles. The summed E-state index contributed by atoms with van der Waals surface area (Å²) >= 11 is 0. The van der Waals surface area contributed by atoms with Gasteiger partial charge in [0.05, 0.1) is 6.61 Å². The molecule has 1 aromatic rings. The molecule has 1 aromatic carbocycles. The molecule has 0 radical (unpaired) electrons. The molecule has 0 atom stereocenters. The maximum atomic E-state index is 12.2. The third-order valence-corrected chi connectivity index (χ3v) is 4.89. The summed E-state index contributed by atoms with van der Waals surface area (Å²) in [7, 11) is 0. The fraction of sp³-hybridized carbons (Fsp3) is 0.591. The van der Waals surface area contributed by atoms with Crippen molar-refractivity contribution in [1.29, 1.82) is 0 Å². The average molecular weight is 389 g/mol. The highest BCUT2D eigenvalue weighted by Crippen LogP contribution is 2.15. The van der Waals surface area contributed by atoms with Crippen molar-refractivity contribution >= 4 is 17.6 Å². The van der Waals surface area contributed by atoms with Gasteiger partial charge in [-0.05, 0) is 43.5 Å². The molecule has 6 nitrogen and oxygen atoms in total. The van der Waals surface area contributed by atoms with Gasteiger partial charge in [0.2, 0.25) is 11.8 Å². The first-order valence-electron chi connectivity index (χ1n) is 10.4. The Morgan fingerprint density at radius 1 is 1.00 bits per heavy atom. The van der Waals surface area contributed by atoms with Crippen molar-refractivity contribution < 1.29 is 19.1 Å². The SMILES string of the molecule is CCCCCOc1ccc(C(=O)CCC(=O)NCCC(=O)N2CCCC2)cc1. The first-order chi connectivity index (χ1) is 13.6. The van der Waals surface area contributed by atoms with E-state index in [0.29, 0.717) is 25.1 Å². The highest BCUT2D eigenvalue weighted by atomic mass is 16.5. The Bertz CT molecular complexity index is 636. The van der Waals surface area contributed by atoms with Crippen LogP contribution in [-0.2, 0) is 9.59 Å². The van der Waals surface area contributed by atoms with Crippen LogP contribution in [0.1, 0.15) is 68.6 Å². The fourth-order valence-electron chi connectivity index (χ4n) is 3.17. The van der Waals surface area contributed by atoms with Crippen molar-refractivity contribution in [3.05, 3.63) is 29.8 Å². The van der Waals surface area contributed by atoms with E-state index in [4.69, 9.17) is 4.74 Å². The summed E-state index contributed by atoms with van der Waals surface area (Å²) in [6.07, 6.45) is 6.05. The van der Waals surface area contributed by atoms with Crippen molar-refractivity contribution in [3.8, 4) is 5.75 Å². The predicted octanol–water partition coefficient (Wildman–Crippen LogP) is 3.35. The van der Waals surface area contributed by atoms with Crippen LogP contribution in [0.3, 0.4) is 0 Å². The van der Waals surface area contributed by atoms with Crippen LogP contribution in [0.5, 0.6) is 5.75 Å². The zero-order chi connectivity index (χ0) is 20.2. The zero-order valence-corrected chi connectivity index (χ0v) is 16.9. The number of ketones is 1. The number of unbranched alkanes of at least 4 members (excludes halogenated alkanes) is 2. The van der Waals surface area contributed by atoms with Crippen LogP contribution in [0, 0.1) is 0 Å². The average Bonchev–Trinajstić information content (AvgIpc) is 3.25. The van der Waals surface area contributed by atoms with Crippen molar-refractivity contribution in [2.45, 2.75) is 58.3 Å². The second kappa shape index (κ2) is 12.2. The second-order valence-corrected chi connectivity index (χ2v) is 7.19. The summed E-state index contributed by atoms with van der Waals surface area (Å²) in [5.74, 6) is 0.582. The van der Waals surface area contributed by atoms with E-state index in [2.05, 4.69) is 12.2 Å². The van der Waals surface area contributed by atoms with Gasteiger partial charge in [-0.25, -0.2) is 0 Å². The molecule has 28 heavy (non-hydrogen) atoms. The molecular weight excluding hydrogens is 356 g/mol. The van der Waals surface area contributed by atoms with Gasteiger partial charge in [0, 0.05) is 44.5 Å². The first kappa shape index (κ1) is 21.9. The van der Waals surface area contributed by atoms with Crippen molar-refractivity contribution in [1.82, 2.24) is 10.2 Å². The van der Waals surface area contributed by atoms with E-state index in [1.54, 1.807) is 24.3 Å². The number of Topliss-reactive ketones (excluding diaryl/α,β-unsaturated/α-hetero) is 1. The largest absolute Gasteiger partial charge is 0.494 e. The summed E-state index contributed by atoms with van der Waals surface area (Å²) in [5.41, 5.74) is 0.581. The summed E-state index contributed by atoms with van der Waals surface area (Å²) in [6.45, 7) is 4.80. The molecule has 1 N–H and O–H groups in total. The highest BCUT2D eigenvalue weighted by Gasteiger charge is 2.17. The molecule has 1 saturated heterocycles. The predicted molar refractivity (Wildman–Crippen MR) is 108 cm³/mol. The number of nitrogens with zero attached hydrogens (tertiary/aromatic N) is 1. The lowest BCUT2D eigenvalue weighted by Gasteiger charge is -2.15. The number of hydrogen-bond acceptors (Lipinski definition) is 4. The number of benzene rings is 1. The number of likely N-dealkylation sites (tertiary alicyclic amines) is 1. The monoisotopic (exact) mass is 388 g/mol. The van der Waals surface area contributed by atoms with Crippen LogP contribution < -0.4 is 10.1 Å². The molecule has 2 rings (SSSR count). The van der Waals surface area contributed by atoms with E-state index in [-0.39, 0.29) is 30.4 Å². The van der Waals surface area contributed by atoms with Crippen molar-refractivity contribution in [3.63, 3.8) is 0 Å². The van der Waals surface area contributed by atoms with Crippen LogP contribution in [0.15, 0.2) is 24.3 Å². The van der Waals surface area contributed by atoms with Gasteiger partial charge in [-0.1, -0.05) is 19.8 Å². The lowest BCUT2D eigenvalue weighted by molar-refractivity contribution is -0.130. The van der Waals surface area contributed by atoms with Crippen molar-refractivity contribution in [2.24, 2.45) is 0 Å². The molecule has 2 amide bonds. The number of hydrogen-bond donors (Lipinski definition) is 1. The van der Waals surface area contributed by atoms with Gasteiger partial charge < -0.3 is 15.0 Å². The van der Waals surface area contributed by atoms with Gasteiger partial charge in [0.1, 0.15) is 5.75 Å². The number of nitrogens with one attached hydrogen (secondary N) is 1. The summed E-state index contributed by atoms with van der Waals surface area (Å²) in [4.78, 5) is 37.9. The Morgan fingerprint density at radius 3 is 2.39 bits per heavy atom. The molecule has 0 aromatic heterocycles. The number of carbonyl (C=O) groups excluding carboxylic acids is 3. The third kappa shape index (κ3) is 7.71. The molecule has 1 aliphatic heterocycles. The van der Waals surface area contributed by atoms with Gasteiger partial charge in [-0.3, -0.25) is 14.4 Å². The summed E-state index contributed by atoms with van der Waals surface area (Å²) in [5, 5.41) is 2.73. The normalized spacial score (nSPS) is 13.4. The molecule has 0 bridgehead atoms. The van der Waals surface area contributed by atoms with Gasteiger partial charge in [-0.15, -0.1) is 0 Å². The minimum absolute atomic E-state index is 0.0687. The van der Waals surface area contributed by atoms with Crippen LogP contribution >= 0.6 is 0 Å². The molecule has 0 saturated carbocycles. The topological polar surface area (TPSA) is 75.7 Å². The Balaban J connectivity index is 1.62. The first-order valence-corrected chi connectivity index (χ1v) is 10.4. The minimum atomic E-state index is -0.196. The highest BCUT2D eigenvalue weighted by molar-refractivity contribution is 5.98. The number of carbonyl (C=O) groups is 3. The molecule has 0 unspecified atom stereocenters. The Hall–Kier alpha value is -2.37. The van der Waals surface area contributed by atoms with E-state index >= 15 is 0 Å². The quantitative estimate of drug-likeness (QED) is 0.440. The lowest BCUT2D eigenvalue weighted by atomic mass is 10.1. The minimum Gasteiger partial charge on any atom is -0.494 e. The summed E-state index contributed by atoms with van der Waals surface area (Å²) < 4.78 is 5.64. The van der Waals surface area contributed by atoms with E-state index in [0.717, 1.165) is 50.9 Å². The molecule has 1 aliphatic rings. The van der Waals surface area contributed by atoms with E-state index in [1.165, 1.54) is 0 Å². The van der Waals surface area contributed by atoms with Gasteiger partial charge >= 0.3 is 0 Å². The molecule has 0 spiro atoms. The Labute approximate surface area is 167 Å². The summed E-state index contributed by atoms with van der Waals surface area (Å²) in [6, 6.07) is 7.07. The molecule has 1 heterocycles. The molecule has 154 valence electrons. The number of ether oxygens (including phenoxy) is 1. The van der Waals surface area contributed by atoms with Crippen LogP contribution in [0.25, 0.3) is 0 Å². The van der Waals surface area contributed by atoms with E-state index in [1.807, 2.05) is 4.90 Å². The van der Waals surface area contributed by atoms with Crippen LogP contribution in [0.4, 0.5) is 0 Å². The molecule has 1 fully saturated rings. The standard InChI is InChI=1S/C22H32N2O4/c1-2-3-6-17-28-19-9-7-18(8-10-19)20(25)11-12-21(26)23-14-13-22(27)24-15-4-5-16-24/h7-10H,2-6,11-17H2,1H3,(H,23,26). The van der Waals surface area contributed by atoms with Gasteiger partial charge in [-0.2, -0.15) is 0 Å². The Morgan fingerprint density at radius 2 is 1.71 bits per heavy atom. The van der Waals surface area contributed by atoms with Crippen molar-refractivity contribution in [2.75, 3.05) is 26.2 Å². The fourth-order valence-corrected chi connectivity index (χ4v) is 3.17. The second-order valence-electron chi connectivity index (χ2n) is 7.19. The lowest BCUT2D eigenvalue weighted by Crippen LogP contribution is -2.32. The number of amides is 2. The van der Waals surface area contributed by atoms with Gasteiger partial charge in [0.25, 0.3) is 0 Å². The molecule has 6 heteroatoms. The van der Waals surface area contributed by atoms with Crippen LogP contribution in [-0.4, -0.2) is 48.7 Å². The molecular formula is C22H32N2O4. The maximum Gasteiger partial charge on any atom is 0.224 e. The van der Waals surface area contributed by atoms with E-state index in [9.17, 15) is 14.4 Å². The Kier molecular flexibility index (Phi) is 9.52. The zero-order valence-electron chi connectivity index (χ0n) is 16.9. The maximum absolute atomic E-state index is 12.2. The number of rotatable bonds is 12. The van der Waals surface area contributed by atoms with Gasteiger partial charge in [0.15, 0.2) is 5.78 Å². The third-order valence-electron chi connectivity index (χ3n) is 4.89.